The molecule has 0 aromatic heterocycles. The molecule has 20 heavy (non-hydrogen) atoms. The Morgan fingerprint density at radius 3 is 2.45 bits per heavy atom. The van der Waals surface area contributed by atoms with Crippen molar-refractivity contribution in [3.05, 3.63) is 65.2 Å². The van der Waals surface area contributed by atoms with Gasteiger partial charge in [-0.15, -0.1) is 11.6 Å². The summed E-state index contributed by atoms with van der Waals surface area (Å²) < 4.78 is 0. The maximum Gasteiger partial charge on any atom is 0.239 e. The zero-order valence-electron chi connectivity index (χ0n) is 11.0. The molecule has 0 spiro atoms. The molecule has 0 aliphatic carbocycles. The van der Waals surface area contributed by atoms with Gasteiger partial charge in [-0.05, 0) is 19.1 Å². The Labute approximate surface area is 122 Å². The Hall–Kier alpha value is -2.13. The van der Waals surface area contributed by atoms with Crippen molar-refractivity contribution in [1.29, 1.82) is 0 Å². The second-order valence-electron chi connectivity index (χ2n) is 4.43. The molecule has 0 aliphatic heterocycles. The first-order chi connectivity index (χ1) is 9.61. The molecule has 1 amide bonds. The molecule has 3 nitrogen and oxygen atoms in total. The molecular formula is C16H14ClNO2. The Balaban J connectivity index is 2.41. The molecule has 0 bridgehead atoms. The highest BCUT2D eigenvalue weighted by Crippen LogP contribution is 2.21. The Kier molecular flexibility index (Phi) is 4.53. The number of anilines is 1. The van der Waals surface area contributed by atoms with Crippen LogP contribution in [0.2, 0.25) is 0 Å². The van der Waals surface area contributed by atoms with Gasteiger partial charge in [0.05, 0.1) is 5.69 Å². The number of aryl methyl sites for hydroxylation is 1. The quantitative estimate of drug-likeness (QED) is 0.692. The van der Waals surface area contributed by atoms with Gasteiger partial charge < -0.3 is 5.32 Å². The molecule has 0 fully saturated rings. The highest BCUT2D eigenvalue weighted by Gasteiger charge is 2.15. The van der Waals surface area contributed by atoms with Crippen molar-refractivity contribution in [1.82, 2.24) is 0 Å². The van der Waals surface area contributed by atoms with Crippen LogP contribution in [0.4, 0.5) is 5.69 Å². The number of carbonyl (C=O) groups excluding carboxylic acids is 2. The first-order valence-electron chi connectivity index (χ1n) is 6.18. The number of carbonyl (C=O) groups is 2. The largest absolute Gasteiger partial charge is 0.324 e. The molecule has 0 saturated heterocycles. The third-order valence-corrected chi connectivity index (χ3v) is 3.09. The molecule has 0 unspecified atom stereocenters. The van der Waals surface area contributed by atoms with Gasteiger partial charge in [0, 0.05) is 11.1 Å². The van der Waals surface area contributed by atoms with Gasteiger partial charge in [-0.2, -0.15) is 0 Å². The number of hydrogen-bond donors (Lipinski definition) is 1. The summed E-state index contributed by atoms with van der Waals surface area (Å²) in [5.41, 5.74) is 2.48. The topological polar surface area (TPSA) is 46.2 Å². The van der Waals surface area contributed by atoms with Crippen LogP contribution in [0.1, 0.15) is 21.5 Å². The van der Waals surface area contributed by atoms with Crippen LogP contribution in [-0.2, 0) is 4.79 Å². The standard InChI is InChI=1S/C16H14ClNO2/c1-11-7-8-14(18-15(19)10-17)13(9-11)16(20)12-5-3-2-4-6-12/h2-9H,10H2,1H3,(H,18,19). The fourth-order valence-corrected chi connectivity index (χ4v) is 1.95. The van der Waals surface area contributed by atoms with E-state index in [2.05, 4.69) is 5.32 Å². The lowest BCUT2D eigenvalue weighted by molar-refractivity contribution is -0.113. The number of nitrogens with one attached hydrogen (secondary N) is 1. The Morgan fingerprint density at radius 1 is 1.10 bits per heavy atom. The number of alkyl halides is 1. The minimum absolute atomic E-state index is 0.126. The van der Waals surface area contributed by atoms with Gasteiger partial charge in [0.2, 0.25) is 5.91 Å². The number of halogens is 1. The summed E-state index contributed by atoms with van der Waals surface area (Å²) >= 11 is 5.49. The molecule has 2 aromatic rings. The molecule has 0 radical (unpaired) electrons. The number of rotatable bonds is 4. The van der Waals surface area contributed by atoms with E-state index < -0.39 is 0 Å². The predicted octanol–water partition coefficient (Wildman–Crippen LogP) is 3.40. The van der Waals surface area contributed by atoms with Gasteiger partial charge >= 0.3 is 0 Å². The van der Waals surface area contributed by atoms with E-state index >= 15 is 0 Å². The van der Waals surface area contributed by atoms with E-state index in [1.165, 1.54) is 0 Å². The zero-order chi connectivity index (χ0) is 14.5. The van der Waals surface area contributed by atoms with Gasteiger partial charge in [-0.1, -0.05) is 42.0 Å². The second kappa shape index (κ2) is 6.35. The summed E-state index contributed by atoms with van der Waals surface area (Å²) in [6.45, 7) is 1.90. The fraction of sp³-hybridized carbons (Fsp3) is 0.125. The van der Waals surface area contributed by atoms with Crippen LogP contribution < -0.4 is 5.32 Å². The van der Waals surface area contributed by atoms with Crippen molar-refractivity contribution < 1.29 is 9.59 Å². The van der Waals surface area contributed by atoms with Crippen LogP contribution in [-0.4, -0.2) is 17.6 Å². The van der Waals surface area contributed by atoms with Gasteiger partial charge in [0.25, 0.3) is 0 Å². The Morgan fingerprint density at radius 2 is 1.80 bits per heavy atom. The van der Waals surface area contributed by atoms with Crippen LogP contribution in [0.25, 0.3) is 0 Å². The minimum Gasteiger partial charge on any atom is -0.324 e. The maximum atomic E-state index is 12.5. The Bertz CT molecular complexity index is 638. The van der Waals surface area contributed by atoms with Crippen LogP contribution in [0.3, 0.4) is 0 Å². The summed E-state index contributed by atoms with van der Waals surface area (Å²) in [7, 11) is 0. The van der Waals surface area contributed by atoms with Crippen molar-refractivity contribution in [2.45, 2.75) is 6.92 Å². The summed E-state index contributed by atoms with van der Waals surface area (Å²) in [4.78, 5) is 23.9. The average molecular weight is 288 g/mol. The molecule has 0 atom stereocenters. The monoisotopic (exact) mass is 287 g/mol. The van der Waals surface area contributed by atoms with Crippen LogP contribution in [0.5, 0.6) is 0 Å². The first-order valence-corrected chi connectivity index (χ1v) is 6.71. The number of benzene rings is 2. The number of hydrogen-bond acceptors (Lipinski definition) is 2. The average Bonchev–Trinajstić information content (AvgIpc) is 2.49. The number of ketones is 1. The van der Waals surface area contributed by atoms with Crippen molar-refractivity contribution in [3.63, 3.8) is 0 Å². The molecule has 1 N–H and O–H groups in total. The summed E-state index contributed by atoms with van der Waals surface area (Å²) in [6.07, 6.45) is 0. The van der Waals surface area contributed by atoms with E-state index in [1.807, 2.05) is 19.1 Å². The predicted molar refractivity (Wildman–Crippen MR) is 80.4 cm³/mol. The molecule has 4 heteroatoms. The van der Waals surface area contributed by atoms with E-state index in [-0.39, 0.29) is 17.6 Å². The normalized spacial score (nSPS) is 10.1. The fourth-order valence-electron chi connectivity index (χ4n) is 1.88. The van der Waals surface area contributed by atoms with Crippen molar-refractivity contribution >= 4 is 29.0 Å². The van der Waals surface area contributed by atoms with Crippen molar-refractivity contribution in [2.75, 3.05) is 11.2 Å². The molecule has 102 valence electrons. The highest BCUT2D eigenvalue weighted by molar-refractivity contribution is 6.29. The lowest BCUT2D eigenvalue weighted by Gasteiger charge is -2.10. The summed E-state index contributed by atoms with van der Waals surface area (Å²) in [6, 6.07) is 14.3. The van der Waals surface area contributed by atoms with E-state index in [4.69, 9.17) is 11.6 Å². The number of amides is 1. The van der Waals surface area contributed by atoms with Crippen molar-refractivity contribution in [3.8, 4) is 0 Å². The first kappa shape index (κ1) is 14.3. The highest BCUT2D eigenvalue weighted by atomic mass is 35.5. The second-order valence-corrected chi connectivity index (χ2v) is 4.69. The lowest BCUT2D eigenvalue weighted by Crippen LogP contribution is -2.16. The molecular weight excluding hydrogens is 274 g/mol. The maximum absolute atomic E-state index is 12.5. The minimum atomic E-state index is -0.336. The van der Waals surface area contributed by atoms with Gasteiger partial charge in [0.1, 0.15) is 5.88 Å². The molecule has 2 aromatic carbocycles. The third kappa shape index (κ3) is 3.25. The van der Waals surface area contributed by atoms with Crippen molar-refractivity contribution in [2.24, 2.45) is 0 Å². The van der Waals surface area contributed by atoms with Gasteiger partial charge in [0.15, 0.2) is 5.78 Å². The van der Waals surface area contributed by atoms with Crippen LogP contribution in [0.15, 0.2) is 48.5 Å². The zero-order valence-corrected chi connectivity index (χ0v) is 11.8. The van der Waals surface area contributed by atoms with E-state index in [0.29, 0.717) is 16.8 Å². The van der Waals surface area contributed by atoms with Gasteiger partial charge in [-0.25, -0.2) is 0 Å². The molecule has 2 rings (SSSR count). The van der Waals surface area contributed by atoms with Crippen LogP contribution >= 0.6 is 11.6 Å². The third-order valence-electron chi connectivity index (χ3n) is 2.85. The molecule has 0 heterocycles. The summed E-state index contributed by atoms with van der Waals surface area (Å²) in [5, 5.41) is 2.65. The lowest BCUT2D eigenvalue weighted by atomic mass is 10.00. The SMILES string of the molecule is Cc1ccc(NC(=O)CCl)c(C(=O)c2ccccc2)c1. The summed E-state index contributed by atoms with van der Waals surface area (Å²) in [5.74, 6) is -0.607. The van der Waals surface area contributed by atoms with Crippen LogP contribution in [0, 0.1) is 6.92 Å². The smallest absolute Gasteiger partial charge is 0.239 e. The van der Waals surface area contributed by atoms with E-state index in [9.17, 15) is 9.59 Å². The van der Waals surface area contributed by atoms with E-state index in [1.54, 1.807) is 36.4 Å². The molecule has 0 aliphatic rings. The van der Waals surface area contributed by atoms with E-state index in [0.717, 1.165) is 5.56 Å². The van der Waals surface area contributed by atoms with Gasteiger partial charge in [-0.3, -0.25) is 9.59 Å². The molecule has 0 saturated carbocycles.